The molecule has 0 saturated carbocycles. The standard InChI is InChI=1S/C16H13N5O2/c17-15(22)13-10-11(6-8-18-13)20-16(23)12-4-1-2-5-14(12)21-9-3-7-19-21/h1-10H,(H2,17,22)(H,18,20,23). The molecule has 0 radical (unpaired) electrons. The van der Waals surface area contributed by atoms with E-state index in [-0.39, 0.29) is 11.6 Å². The second-order valence-corrected chi connectivity index (χ2v) is 4.72. The fourth-order valence-corrected chi connectivity index (χ4v) is 2.12. The first-order chi connectivity index (χ1) is 11.1. The second kappa shape index (κ2) is 6.10. The van der Waals surface area contributed by atoms with Gasteiger partial charge in [-0.1, -0.05) is 12.1 Å². The van der Waals surface area contributed by atoms with E-state index >= 15 is 0 Å². The molecule has 23 heavy (non-hydrogen) atoms. The van der Waals surface area contributed by atoms with Crippen LogP contribution in [0.5, 0.6) is 0 Å². The monoisotopic (exact) mass is 307 g/mol. The lowest BCUT2D eigenvalue weighted by atomic mass is 10.1. The number of pyridine rings is 1. The van der Waals surface area contributed by atoms with Gasteiger partial charge >= 0.3 is 0 Å². The van der Waals surface area contributed by atoms with Gasteiger partial charge in [0, 0.05) is 24.3 Å². The summed E-state index contributed by atoms with van der Waals surface area (Å²) in [5, 5.41) is 6.87. The van der Waals surface area contributed by atoms with Crippen molar-refractivity contribution in [1.82, 2.24) is 14.8 Å². The van der Waals surface area contributed by atoms with Crippen LogP contribution < -0.4 is 11.1 Å². The van der Waals surface area contributed by atoms with Crippen LogP contribution in [0.25, 0.3) is 5.69 Å². The number of amides is 2. The van der Waals surface area contributed by atoms with Gasteiger partial charge in [-0.15, -0.1) is 0 Å². The average molecular weight is 307 g/mol. The Hall–Kier alpha value is -3.48. The fourth-order valence-electron chi connectivity index (χ4n) is 2.12. The topological polar surface area (TPSA) is 103 Å². The van der Waals surface area contributed by atoms with Crippen LogP contribution >= 0.6 is 0 Å². The molecule has 2 aromatic heterocycles. The van der Waals surface area contributed by atoms with Gasteiger partial charge in [0.15, 0.2) is 0 Å². The normalized spacial score (nSPS) is 10.3. The minimum absolute atomic E-state index is 0.0863. The molecule has 0 aliphatic rings. The highest BCUT2D eigenvalue weighted by Gasteiger charge is 2.13. The largest absolute Gasteiger partial charge is 0.364 e. The van der Waals surface area contributed by atoms with Crippen molar-refractivity contribution in [2.75, 3.05) is 5.32 Å². The van der Waals surface area contributed by atoms with Gasteiger partial charge in [-0.2, -0.15) is 5.10 Å². The summed E-state index contributed by atoms with van der Waals surface area (Å²) in [4.78, 5) is 27.5. The summed E-state index contributed by atoms with van der Waals surface area (Å²) >= 11 is 0. The third-order valence-electron chi connectivity index (χ3n) is 3.17. The third kappa shape index (κ3) is 3.08. The number of rotatable bonds is 4. The fraction of sp³-hybridized carbons (Fsp3) is 0. The van der Waals surface area contributed by atoms with E-state index in [2.05, 4.69) is 15.4 Å². The number of hydrogen-bond acceptors (Lipinski definition) is 4. The molecule has 3 N–H and O–H groups in total. The van der Waals surface area contributed by atoms with Gasteiger partial charge in [-0.3, -0.25) is 14.6 Å². The molecule has 0 unspecified atom stereocenters. The first-order valence-corrected chi connectivity index (χ1v) is 6.81. The Morgan fingerprint density at radius 3 is 2.65 bits per heavy atom. The summed E-state index contributed by atoms with van der Waals surface area (Å²) in [5.74, 6) is -0.976. The number of para-hydroxylation sites is 1. The van der Waals surface area contributed by atoms with Crippen LogP contribution in [0.1, 0.15) is 20.8 Å². The Labute approximate surface area is 131 Å². The minimum atomic E-state index is -0.655. The molecular formula is C16H13N5O2. The van der Waals surface area contributed by atoms with E-state index in [4.69, 9.17) is 5.73 Å². The van der Waals surface area contributed by atoms with E-state index in [0.29, 0.717) is 16.9 Å². The summed E-state index contributed by atoms with van der Waals surface area (Å²) in [6.45, 7) is 0. The van der Waals surface area contributed by atoms with E-state index < -0.39 is 5.91 Å². The van der Waals surface area contributed by atoms with E-state index in [0.717, 1.165) is 0 Å². The molecule has 0 spiro atoms. The Morgan fingerprint density at radius 1 is 1.09 bits per heavy atom. The molecule has 0 saturated heterocycles. The Bertz CT molecular complexity index is 858. The first kappa shape index (κ1) is 14.5. The summed E-state index contributed by atoms with van der Waals surface area (Å²) in [6.07, 6.45) is 4.80. The Morgan fingerprint density at radius 2 is 1.91 bits per heavy atom. The van der Waals surface area contributed by atoms with E-state index in [1.54, 1.807) is 47.4 Å². The molecule has 3 rings (SSSR count). The van der Waals surface area contributed by atoms with Crippen molar-refractivity contribution in [3.8, 4) is 5.69 Å². The highest BCUT2D eigenvalue weighted by Crippen LogP contribution is 2.16. The number of hydrogen-bond donors (Lipinski definition) is 2. The van der Waals surface area contributed by atoms with E-state index in [1.165, 1.54) is 12.3 Å². The molecule has 0 atom stereocenters. The Balaban J connectivity index is 1.90. The maximum atomic E-state index is 12.5. The molecule has 0 aliphatic heterocycles. The summed E-state index contributed by atoms with van der Waals surface area (Å²) in [6, 6.07) is 11.9. The molecule has 7 heteroatoms. The van der Waals surface area contributed by atoms with Crippen LogP contribution in [-0.4, -0.2) is 26.6 Å². The number of nitrogens with zero attached hydrogens (tertiary/aromatic N) is 3. The summed E-state index contributed by atoms with van der Waals surface area (Å²) in [5.41, 5.74) is 6.82. The number of aromatic nitrogens is 3. The molecule has 1 aromatic carbocycles. The number of nitrogens with one attached hydrogen (secondary N) is 1. The number of anilines is 1. The molecule has 2 heterocycles. The van der Waals surface area contributed by atoms with E-state index in [9.17, 15) is 9.59 Å². The maximum absolute atomic E-state index is 12.5. The third-order valence-corrected chi connectivity index (χ3v) is 3.17. The van der Waals surface area contributed by atoms with Gasteiger partial charge in [-0.05, 0) is 30.3 Å². The van der Waals surface area contributed by atoms with Gasteiger partial charge in [0.2, 0.25) is 0 Å². The van der Waals surface area contributed by atoms with Crippen LogP contribution in [0, 0.1) is 0 Å². The Kier molecular flexibility index (Phi) is 3.84. The lowest BCUT2D eigenvalue weighted by Gasteiger charge is -2.10. The van der Waals surface area contributed by atoms with Gasteiger partial charge < -0.3 is 11.1 Å². The lowest BCUT2D eigenvalue weighted by Crippen LogP contribution is -2.17. The molecule has 0 fully saturated rings. The summed E-state index contributed by atoms with van der Waals surface area (Å²) < 4.78 is 1.61. The highest BCUT2D eigenvalue weighted by atomic mass is 16.2. The zero-order chi connectivity index (χ0) is 16.2. The van der Waals surface area contributed by atoms with Crippen molar-refractivity contribution in [1.29, 1.82) is 0 Å². The van der Waals surface area contributed by atoms with Crippen molar-refractivity contribution in [3.05, 3.63) is 72.3 Å². The molecular weight excluding hydrogens is 294 g/mol. The number of benzene rings is 1. The molecule has 7 nitrogen and oxygen atoms in total. The van der Waals surface area contributed by atoms with Gasteiger partial charge in [0.05, 0.1) is 11.3 Å². The first-order valence-electron chi connectivity index (χ1n) is 6.81. The van der Waals surface area contributed by atoms with Gasteiger partial charge in [0.25, 0.3) is 11.8 Å². The lowest BCUT2D eigenvalue weighted by molar-refractivity contribution is 0.0992. The SMILES string of the molecule is NC(=O)c1cc(NC(=O)c2ccccc2-n2cccn2)ccn1. The van der Waals surface area contributed by atoms with Crippen LogP contribution in [-0.2, 0) is 0 Å². The number of carbonyl (C=O) groups is 2. The quantitative estimate of drug-likeness (QED) is 0.764. The van der Waals surface area contributed by atoms with E-state index in [1.807, 2.05) is 6.07 Å². The molecule has 0 bridgehead atoms. The van der Waals surface area contributed by atoms with Crippen molar-refractivity contribution in [3.63, 3.8) is 0 Å². The van der Waals surface area contributed by atoms with Gasteiger partial charge in [-0.25, -0.2) is 4.68 Å². The molecule has 3 aromatic rings. The van der Waals surface area contributed by atoms with Crippen molar-refractivity contribution in [2.45, 2.75) is 0 Å². The van der Waals surface area contributed by atoms with Crippen LogP contribution in [0.4, 0.5) is 5.69 Å². The predicted molar refractivity (Wildman–Crippen MR) is 84.3 cm³/mol. The van der Waals surface area contributed by atoms with Crippen molar-refractivity contribution < 1.29 is 9.59 Å². The molecule has 114 valence electrons. The smallest absolute Gasteiger partial charge is 0.267 e. The van der Waals surface area contributed by atoms with Crippen LogP contribution in [0.15, 0.2) is 61.1 Å². The second-order valence-electron chi connectivity index (χ2n) is 4.72. The predicted octanol–water partition coefficient (Wildman–Crippen LogP) is 1.62. The van der Waals surface area contributed by atoms with Crippen LogP contribution in [0.2, 0.25) is 0 Å². The zero-order valence-corrected chi connectivity index (χ0v) is 12.0. The van der Waals surface area contributed by atoms with Crippen molar-refractivity contribution >= 4 is 17.5 Å². The summed E-state index contributed by atoms with van der Waals surface area (Å²) in [7, 11) is 0. The molecule has 2 amide bonds. The van der Waals surface area contributed by atoms with Crippen LogP contribution in [0.3, 0.4) is 0 Å². The zero-order valence-electron chi connectivity index (χ0n) is 12.0. The number of primary amides is 1. The number of carbonyl (C=O) groups excluding carboxylic acids is 2. The number of nitrogens with two attached hydrogens (primary N) is 1. The van der Waals surface area contributed by atoms with Crippen molar-refractivity contribution in [2.24, 2.45) is 5.73 Å². The maximum Gasteiger partial charge on any atom is 0.267 e. The average Bonchev–Trinajstić information content (AvgIpc) is 3.09. The van der Waals surface area contributed by atoms with Gasteiger partial charge in [0.1, 0.15) is 5.69 Å². The highest BCUT2D eigenvalue weighted by molar-refractivity contribution is 6.07. The minimum Gasteiger partial charge on any atom is -0.364 e. The molecule has 0 aliphatic carbocycles.